The first kappa shape index (κ1) is 16.1. The van der Waals surface area contributed by atoms with Crippen LogP contribution in [-0.2, 0) is 6.54 Å². The molecule has 4 rings (SSSR count). The van der Waals surface area contributed by atoms with Gasteiger partial charge >= 0.3 is 6.03 Å². The number of rotatable bonds is 3. The Kier molecular flexibility index (Phi) is 4.17. The summed E-state index contributed by atoms with van der Waals surface area (Å²) in [6.45, 7) is 4.94. The number of urea groups is 1. The van der Waals surface area contributed by atoms with E-state index in [-0.39, 0.29) is 12.1 Å². The second-order valence-corrected chi connectivity index (χ2v) is 7.39. The Morgan fingerprint density at radius 3 is 3.00 bits per heavy atom. The molecular weight excluding hydrogens is 336 g/mol. The van der Waals surface area contributed by atoms with E-state index in [1.54, 1.807) is 11.3 Å². The Hall–Kier alpha value is -2.41. The highest BCUT2D eigenvalue weighted by molar-refractivity contribution is 7.18. The van der Waals surface area contributed by atoms with Crippen LogP contribution in [0.4, 0.5) is 4.79 Å². The predicted octanol–water partition coefficient (Wildman–Crippen LogP) is 3.95. The highest BCUT2D eigenvalue weighted by Gasteiger charge is 2.32. The van der Waals surface area contributed by atoms with E-state index in [1.807, 2.05) is 36.9 Å². The van der Waals surface area contributed by atoms with Crippen LogP contribution in [0.1, 0.15) is 40.9 Å². The van der Waals surface area contributed by atoms with E-state index < -0.39 is 0 Å². The van der Waals surface area contributed by atoms with Crippen LogP contribution in [0.25, 0.3) is 10.2 Å². The fourth-order valence-electron chi connectivity index (χ4n) is 3.32. The van der Waals surface area contributed by atoms with E-state index in [9.17, 15) is 4.79 Å². The molecule has 7 heteroatoms. The van der Waals surface area contributed by atoms with Crippen molar-refractivity contribution in [3.05, 3.63) is 46.3 Å². The van der Waals surface area contributed by atoms with Crippen molar-refractivity contribution in [1.82, 2.24) is 20.4 Å². The predicted molar refractivity (Wildman–Crippen MR) is 96.5 cm³/mol. The molecule has 1 aliphatic rings. The summed E-state index contributed by atoms with van der Waals surface area (Å²) in [5.74, 6) is 0.752. The van der Waals surface area contributed by atoms with E-state index >= 15 is 0 Å². The van der Waals surface area contributed by atoms with Crippen LogP contribution in [0.5, 0.6) is 0 Å². The minimum absolute atomic E-state index is 0.0539. The first-order valence-electron chi connectivity index (χ1n) is 8.45. The van der Waals surface area contributed by atoms with Gasteiger partial charge in [0.05, 0.1) is 22.0 Å². The second-order valence-electron chi connectivity index (χ2n) is 6.33. The molecule has 1 aromatic carbocycles. The summed E-state index contributed by atoms with van der Waals surface area (Å²) in [5.41, 5.74) is 2.77. The number of fused-ring (bicyclic) bond motifs is 1. The maximum atomic E-state index is 12.7. The molecular formula is C18H20N4O2S. The lowest BCUT2D eigenvalue weighted by molar-refractivity contribution is 0.192. The fraction of sp³-hybridized carbons (Fsp3) is 0.389. The summed E-state index contributed by atoms with van der Waals surface area (Å²) >= 11 is 1.68. The smallest absolute Gasteiger partial charge is 0.318 e. The molecule has 0 saturated carbocycles. The van der Waals surface area contributed by atoms with Gasteiger partial charge in [0.15, 0.2) is 0 Å². The molecule has 1 atom stereocenters. The number of amides is 2. The molecule has 2 aromatic heterocycles. The van der Waals surface area contributed by atoms with E-state index in [0.29, 0.717) is 6.54 Å². The number of aromatic nitrogens is 2. The Morgan fingerprint density at radius 2 is 2.24 bits per heavy atom. The summed E-state index contributed by atoms with van der Waals surface area (Å²) in [5, 5.41) is 7.96. The van der Waals surface area contributed by atoms with Crippen LogP contribution in [0.15, 0.2) is 28.8 Å². The minimum atomic E-state index is -0.0539. The fourth-order valence-corrected chi connectivity index (χ4v) is 4.43. The number of nitrogens with zero attached hydrogens (tertiary/aromatic N) is 3. The van der Waals surface area contributed by atoms with E-state index in [1.165, 1.54) is 4.70 Å². The van der Waals surface area contributed by atoms with Crippen molar-refractivity contribution in [2.75, 3.05) is 6.54 Å². The van der Waals surface area contributed by atoms with Crippen molar-refractivity contribution in [2.45, 2.75) is 39.3 Å². The molecule has 1 aliphatic heterocycles. The lowest BCUT2D eigenvalue weighted by Crippen LogP contribution is -2.39. The summed E-state index contributed by atoms with van der Waals surface area (Å²) in [4.78, 5) is 19.3. The van der Waals surface area contributed by atoms with Gasteiger partial charge in [0.1, 0.15) is 10.8 Å². The molecule has 1 N–H and O–H groups in total. The van der Waals surface area contributed by atoms with Crippen molar-refractivity contribution in [3.63, 3.8) is 0 Å². The van der Waals surface area contributed by atoms with Gasteiger partial charge in [-0.05, 0) is 38.8 Å². The zero-order chi connectivity index (χ0) is 17.4. The van der Waals surface area contributed by atoms with Crippen LogP contribution in [0.3, 0.4) is 0 Å². The number of para-hydroxylation sites is 1. The molecule has 130 valence electrons. The highest BCUT2D eigenvalue weighted by atomic mass is 32.1. The first-order chi connectivity index (χ1) is 12.1. The lowest BCUT2D eigenvalue weighted by Gasteiger charge is -2.23. The number of benzene rings is 1. The molecule has 3 heterocycles. The molecule has 0 spiro atoms. The quantitative estimate of drug-likeness (QED) is 0.771. The molecule has 0 aliphatic carbocycles. The van der Waals surface area contributed by atoms with Gasteiger partial charge in [0, 0.05) is 18.7 Å². The van der Waals surface area contributed by atoms with Gasteiger partial charge in [-0.25, -0.2) is 9.78 Å². The first-order valence-corrected chi connectivity index (χ1v) is 9.27. The third-order valence-corrected chi connectivity index (χ3v) is 5.84. The molecule has 0 bridgehead atoms. The van der Waals surface area contributed by atoms with Gasteiger partial charge in [-0.3, -0.25) is 0 Å². The maximum Gasteiger partial charge on any atom is 0.318 e. The zero-order valence-corrected chi connectivity index (χ0v) is 15.1. The maximum absolute atomic E-state index is 12.7. The minimum Gasteiger partial charge on any atom is -0.361 e. The number of nitrogens with one attached hydrogen (secondary N) is 1. The number of aryl methyl sites for hydroxylation is 2. The molecule has 1 unspecified atom stereocenters. The molecule has 1 saturated heterocycles. The third-order valence-electron chi connectivity index (χ3n) is 4.71. The number of carbonyl (C=O) groups is 1. The lowest BCUT2D eigenvalue weighted by atomic mass is 10.2. The Balaban J connectivity index is 1.49. The summed E-state index contributed by atoms with van der Waals surface area (Å²) in [6.07, 6.45) is 1.96. The van der Waals surface area contributed by atoms with Gasteiger partial charge in [-0.15, -0.1) is 11.3 Å². The SMILES string of the molecule is Cc1noc(C)c1CNC(=O)N1CCCC1c1nc2ccccc2s1. The van der Waals surface area contributed by atoms with Crippen LogP contribution < -0.4 is 5.32 Å². The van der Waals surface area contributed by atoms with Crippen LogP contribution in [-0.4, -0.2) is 27.6 Å². The largest absolute Gasteiger partial charge is 0.361 e. The average Bonchev–Trinajstić information content (AvgIpc) is 3.31. The van der Waals surface area contributed by atoms with Gasteiger partial charge in [-0.2, -0.15) is 0 Å². The Labute approximate surface area is 149 Å². The van der Waals surface area contributed by atoms with Gasteiger partial charge in [-0.1, -0.05) is 17.3 Å². The van der Waals surface area contributed by atoms with E-state index in [0.717, 1.165) is 46.9 Å². The standard InChI is InChI=1S/C18H20N4O2S/c1-11-13(12(2)24-21-11)10-19-18(23)22-9-5-7-15(22)17-20-14-6-3-4-8-16(14)25-17/h3-4,6,8,15H,5,7,9-10H2,1-2H3,(H,19,23). The summed E-state index contributed by atoms with van der Waals surface area (Å²) in [6, 6.07) is 8.12. The molecule has 0 radical (unpaired) electrons. The van der Waals surface area contributed by atoms with E-state index in [4.69, 9.17) is 9.51 Å². The summed E-state index contributed by atoms with van der Waals surface area (Å²) < 4.78 is 6.32. The van der Waals surface area contributed by atoms with Crippen LogP contribution >= 0.6 is 11.3 Å². The van der Waals surface area contributed by atoms with E-state index in [2.05, 4.69) is 16.5 Å². The number of carbonyl (C=O) groups excluding carboxylic acids is 1. The van der Waals surface area contributed by atoms with Gasteiger partial charge in [0.25, 0.3) is 0 Å². The van der Waals surface area contributed by atoms with Gasteiger partial charge in [0.2, 0.25) is 0 Å². The Bertz CT molecular complexity index is 864. The van der Waals surface area contributed by atoms with Crippen molar-refractivity contribution < 1.29 is 9.32 Å². The highest BCUT2D eigenvalue weighted by Crippen LogP contribution is 2.36. The van der Waals surface area contributed by atoms with Crippen molar-refractivity contribution in [3.8, 4) is 0 Å². The van der Waals surface area contributed by atoms with Crippen LogP contribution in [0, 0.1) is 13.8 Å². The zero-order valence-electron chi connectivity index (χ0n) is 14.3. The second kappa shape index (κ2) is 6.48. The molecule has 3 aromatic rings. The van der Waals surface area contributed by atoms with Crippen molar-refractivity contribution >= 4 is 27.6 Å². The molecule has 6 nitrogen and oxygen atoms in total. The Morgan fingerprint density at radius 1 is 1.40 bits per heavy atom. The number of thiazole rings is 1. The number of likely N-dealkylation sites (tertiary alicyclic amines) is 1. The van der Waals surface area contributed by atoms with Crippen molar-refractivity contribution in [1.29, 1.82) is 0 Å². The summed E-state index contributed by atoms with van der Waals surface area (Å²) in [7, 11) is 0. The van der Waals surface area contributed by atoms with Crippen molar-refractivity contribution in [2.24, 2.45) is 0 Å². The van der Waals surface area contributed by atoms with Gasteiger partial charge < -0.3 is 14.7 Å². The number of hydrogen-bond acceptors (Lipinski definition) is 5. The third kappa shape index (κ3) is 3.00. The van der Waals surface area contributed by atoms with Crippen LogP contribution in [0.2, 0.25) is 0 Å². The number of hydrogen-bond donors (Lipinski definition) is 1. The molecule has 2 amide bonds. The monoisotopic (exact) mass is 356 g/mol. The normalized spacial score (nSPS) is 17.4. The molecule has 25 heavy (non-hydrogen) atoms. The average molecular weight is 356 g/mol. The molecule has 1 fully saturated rings. The topological polar surface area (TPSA) is 71.3 Å².